The van der Waals surface area contributed by atoms with E-state index in [0.29, 0.717) is 25.6 Å². The van der Waals surface area contributed by atoms with Crippen molar-refractivity contribution >= 4 is 21.9 Å². The number of carboxylic acid groups (broad SMARTS) is 1. The molecule has 3 nitrogen and oxygen atoms in total. The minimum Gasteiger partial charge on any atom is -0.481 e. The molecular formula is C14H19BrO3. The van der Waals surface area contributed by atoms with Crippen LogP contribution in [0.5, 0.6) is 0 Å². The van der Waals surface area contributed by atoms with Crippen LogP contribution < -0.4 is 0 Å². The van der Waals surface area contributed by atoms with Crippen molar-refractivity contribution in [3.05, 3.63) is 34.3 Å². The van der Waals surface area contributed by atoms with Gasteiger partial charge in [-0.15, -0.1) is 0 Å². The van der Waals surface area contributed by atoms with Crippen molar-refractivity contribution in [2.24, 2.45) is 5.92 Å². The predicted octanol–water partition coefficient (Wildman–Crippen LogP) is 3.68. The van der Waals surface area contributed by atoms with E-state index in [9.17, 15) is 9.90 Å². The molecule has 0 bridgehead atoms. The molecule has 0 spiro atoms. The first-order valence-corrected chi connectivity index (χ1v) is 6.86. The number of hydrogen-bond donors (Lipinski definition) is 1. The molecule has 1 aromatic carbocycles. The number of ether oxygens (including phenoxy) is 1. The Morgan fingerprint density at radius 3 is 2.72 bits per heavy atom. The highest BCUT2D eigenvalue weighted by atomic mass is 79.9. The SMILES string of the molecule is CC(C)COCCC(C(=O)O)c1cccc(Br)c1. The van der Waals surface area contributed by atoms with E-state index in [1.54, 1.807) is 0 Å². The molecule has 0 saturated heterocycles. The van der Waals surface area contributed by atoms with Crippen LogP contribution >= 0.6 is 15.9 Å². The van der Waals surface area contributed by atoms with Gasteiger partial charge in [0.25, 0.3) is 0 Å². The van der Waals surface area contributed by atoms with Crippen molar-refractivity contribution in [3.8, 4) is 0 Å². The molecule has 100 valence electrons. The molecule has 0 radical (unpaired) electrons. The average molecular weight is 315 g/mol. The summed E-state index contributed by atoms with van der Waals surface area (Å²) in [6.07, 6.45) is 0.499. The number of rotatable bonds is 7. The van der Waals surface area contributed by atoms with Gasteiger partial charge in [0.2, 0.25) is 0 Å². The minimum absolute atomic E-state index is 0.471. The molecule has 0 amide bonds. The van der Waals surface area contributed by atoms with Crippen LogP contribution in [-0.2, 0) is 9.53 Å². The molecule has 18 heavy (non-hydrogen) atoms. The quantitative estimate of drug-likeness (QED) is 0.781. The summed E-state index contributed by atoms with van der Waals surface area (Å²) in [5, 5.41) is 9.26. The third-order valence-electron chi connectivity index (χ3n) is 2.55. The smallest absolute Gasteiger partial charge is 0.311 e. The first kappa shape index (κ1) is 15.2. The van der Waals surface area contributed by atoms with Crippen LogP contribution in [0.1, 0.15) is 31.7 Å². The van der Waals surface area contributed by atoms with Gasteiger partial charge in [0, 0.05) is 17.7 Å². The molecule has 0 aliphatic heterocycles. The van der Waals surface area contributed by atoms with E-state index in [1.807, 2.05) is 24.3 Å². The summed E-state index contributed by atoms with van der Waals surface area (Å²) in [6.45, 7) is 5.29. The van der Waals surface area contributed by atoms with E-state index in [4.69, 9.17) is 4.74 Å². The van der Waals surface area contributed by atoms with Crippen molar-refractivity contribution in [1.29, 1.82) is 0 Å². The molecule has 0 aliphatic rings. The van der Waals surface area contributed by atoms with Crippen LogP contribution in [-0.4, -0.2) is 24.3 Å². The van der Waals surface area contributed by atoms with Gasteiger partial charge in [0.1, 0.15) is 0 Å². The standard InChI is InChI=1S/C14H19BrO3/c1-10(2)9-18-7-6-13(14(16)17)11-4-3-5-12(15)8-11/h3-5,8,10,13H,6-7,9H2,1-2H3,(H,16,17). The van der Waals surface area contributed by atoms with Crippen LogP contribution in [0.25, 0.3) is 0 Å². The summed E-state index contributed by atoms with van der Waals surface area (Å²) in [4.78, 5) is 11.3. The zero-order valence-corrected chi connectivity index (χ0v) is 12.3. The van der Waals surface area contributed by atoms with Crippen molar-refractivity contribution in [2.45, 2.75) is 26.2 Å². The summed E-state index contributed by atoms with van der Waals surface area (Å²) in [5.41, 5.74) is 0.810. The van der Waals surface area contributed by atoms with E-state index < -0.39 is 11.9 Å². The Labute approximate surface area is 116 Å². The third-order valence-corrected chi connectivity index (χ3v) is 3.04. The number of halogens is 1. The molecule has 1 atom stereocenters. The highest BCUT2D eigenvalue weighted by Crippen LogP contribution is 2.23. The van der Waals surface area contributed by atoms with Gasteiger partial charge in [-0.25, -0.2) is 0 Å². The Morgan fingerprint density at radius 1 is 1.44 bits per heavy atom. The maximum Gasteiger partial charge on any atom is 0.311 e. The molecule has 0 fully saturated rings. The second-order valence-electron chi connectivity index (χ2n) is 4.70. The highest BCUT2D eigenvalue weighted by molar-refractivity contribution is 9.10. The highest BCUT2D eigenvalue weighted by Gasteiger charge is 2.19. The van der Waals surface area contributed by atoms with Crippen LogP contribution in [0.15, 0.2) is 28.7 Å². The van der Waals surface area contributed by atoms with Crippen molar-refractivity contribution in [3.63, 3.8) is 0 Å². The van der Waals surface area contributed by atoms with Crippen LogP contribution in [0.3, 0.4) is 0 Å². The first-order valence-electron chi connectivity index (χ1n) is 6.06. The minimum atomic E-state index is -0.804. The molecule has 1 N–H and O–H groups in total. The normalized spacial score (nSPS) is 12.7. The predicted molar refractivity (Wildman–Crippen MR) is 74.8 cm³/mol. The Kier molecular flexibility index (Phi) is 6.36. The van der Waals surface area contributed by atoms with Gasteiger partial charge in [-0.1, -0.05) is 41.9 Å². The van der Waals surface area contributed by atoms with Crippen LogP contribution in [0.2, 0.25) is 0 Å². The Bertz CT molecular complexity index is 390. The van der Waals surface area contributed by atoms with E-state index in [2.05, 4.69) is 29.8 Å². The maximum absolute atomic E-state index is 11.3. The largest absolute Gasteiger partial charge is 0.481 e. The van der Waals surface area contributed by atoms with Gasteiger partial charge in [0.15, 0.2) is 0 Å². The summed E-state index contributed by atoms with van der Waals surface area (Å²) in [6, 6.07) is 7.43. The number of aliphatic carboxylic acids is 1. The second kappa shape index (κ2) is 7.54. The number of hydrogen-bond acceptors (Lipinski definition) is 2. The molecule has 0 aliphatic carbocycles. The molecule has 0 aromatic heterocycles. The molecule has 0 saturated carbocycles. The summed E-state index contributed by atoms with van der Waals surface area (Å²) in [7, 11) is 0. The topological polar surface area (TPSA) is 46.5 Å². The molecule has 1 unspecified atom stereocenters. The van der Waals surface area contributed by atoms with Crippen molar-refractivity contribution < 1.29 is 14.6 Å². The zero-order chi connectivity index (χ0) is 13.5. The first-order chi connectivity index (χ1) is 8.50. The Balaban J connectivity index is 2.58. The summed E-state index contributed by atoms with van der Waals surface area (Å²) in [5.74, 6) is -0.838. The van der Waals surface area contributed by atoms with E-state index in [1.165, 1.54) is 0 Å². The second-order valence-corrected chi connectivity index (χ2v) is 5.62. The molecular weight excluding hydrogens is 296 g/mol. The van der Waals surface area contributed by atoms with Gasteiger partial charge in [0.05, 0.1) is 5.92 Å². The van der Waals surface area contributed by atoms with Gasteiger partial charge < -0.3 is 9.84 Å². The molecule has 1 aromatic rings. The van der Waals surface area contributed by atoms with Gasteiger partial charge in [-0.2, -0.15) is 0 Å². The Morgan fingerprint density at radius 2 is 2.17 bits per heavy atom. The monoisotopic (exact) mass is 314 g/mol. The molecule has 4 heteroatoms. The van der Waals surface area contributed by atoms with Crippen molar-refractivity contribution in [1.82, 2.24) is 0 Å². The fourth-order valence-corrected chi connectivity index (χ4v) is 2.09. The average Bonchev–Trinajstić information content (AvgIpc) is 2.27. The molecule has 1 rings (SSSR count). The van der Waals surface area contributed by atoms with Gasteiger partial charge >= 0.3 is 5.97 Å². The van der Waals surface area contributed by atoms with E-state index in [-0.39, 0.29) is 0 Å². The zero-order valence-electron chi connectivity index (χ0n) is 10.7. The maximum atomic E-state index is 11.3. The van der Waals surface area contributed by atoms with Crippen molar-refractivity contribution in [2.75, 3.05) is 13.2 Å². The third kappa shape index (κ3) is 5.19. The number of benzene rings is 1. The lowest BCUT2D eigenvalue weighted by Gasteiger charge is -2.14. The van der Waals surface area contributed by atoms with Crippen LogP contribution in [0.4, 0.5) is 0 Å². The van der Waals surface area contributed by atoms with E-state index in [0.717, 1.165) is 10.0 Å². The molecule has 0 heterocycles. The van der Waals surface area contributed by atoms with Crippen LogP contribution in [0, 0.1) is 5.92 Å². The lowest BCUT2D eigenvalue weighted by atomic mass is 9.96. The number of carbonyl (C=O) groups is 1. The van der Waals surface area contributed by atoms with Gasteiger partial charge in [-0.3, -0.25) is 4.79 Å². The van der Waals surface area contributed by atoms with Gasteiger partial charge in [-0.05, 0) is 30.0 Å². The lowest BCUT2D eigenvalue weighted by Crippen LogP contribution is -2.15. The van der Waals surface area contributed by atoms with E-state index >= 15 is 0 Å². The fourth-order valence-electron chi connectivity index (χ4n) is 1.68. The summed E-state index contributed by atoms with van der Waals surface area (Å²) < 4.78 is 6.35. The lowest BCUT2D eigenvalue weighted by molar-refractivity contribution is -0.139. The fraction of sp³-hybridized carbons (Fsp3) is 0.500. The summed E-state index contributed by atoms with van der Waals surface area (Å²) >= 11 is 3.36. The Hall–Kier alpha value is -0.870. The number of carboxylic acids is 1.